The molecule has 1 amide bonds. The Balaban J connectivity index is 1.64. The fourth-order valence-electron chi connectivity index (χ4n) is 2.11. The van der Waals surface area contributed by atoms with Crippen molar-refractivity contribution in [1.29, 1.82) is 0 Å². The molecule has 2 aromatic carbocycles. The molecule has 1 N–H and O–H groups in total. The maximum Gasteiger partial charge on any atom is 0.224 e. The standard InChI is InChI=1S/C18H20BrNOS/c1-14-5-2-3-7-16(14)13-22-10-9-20-18(21)12-15-6-4-8-17(19)11-15/h2-8,11H,9-10,12-13H2,1H3,(H,20,21). The van der Waals surface area contributed by atoms with Crippen LogP contribution in [0.2, 0.25) is 0 Å². The van der Waals surface area contributed by atoms with Gasteiger partial charge in [0.2, 0.25) is 5.91 Å². The van der Waals surface area contributed by atoms with E-state index in [2.05, 4.69) is 52.4 Å². The molecule has 4 heteroatoms. The summed E-state index contributed by atoms with van der Waals surface area (Å²) in [6.45, 7) is 2.85. The highest BCUT2D eigenvalue weighted by Crippen LogP contribution is 2.15. The number of benzene rings is 2. The van der Waals surface area contributed by atoms with Crippen LogP contribution in [0.25, 0.3) is 0 Å². The van der Waals surface area contributed by atoms with Gasteiger partial charge in [0.25, 0.3) is 0 Å². The Bertz CT molecular complexity index is 630. The van der Waals surface area contributed by atoms with Gasteiger partial charge in [-0.2, -0.15) is 11.8 Å². The Kier molecular flexibility index (Phi) is 7.00. The lowest BCUT2D eigenvalue weighted by molar-refractivity contribution is -0.120. The Hall–Kier alpha value is -1.26. The van der Waals surface area contributed by atoms with Crippen LogP contribution in [0.3, 0.4) is 0 Å². The van der Waals surface area contributed by atoms with Crippen LogP contribution in [0.5, 0.6) is 0 Å². The molecule has 0 aromatic heterocycles. The van der Waals surface area contributed by atoms with Crippen molar-refractivity contribution in [1.82, 2.24) is 5.32 Å². The maximum absolute atomic E-state index is 11.9. The van der Waals surface area contributed by atoms with Gasteiger partial charge in [-0.25, -0.2) is 0 Å². The predicted octanol–water partition coefficient (Wildman–Crippen LogP) is 4.35. The molecule has 2 rings (SSSR count). The van der Waals surface area contributed by atoms with Gasteiger partial charge in [-0.3, -0.25) is 4.79 Å². The predicted molar refractivity (Wildman–Crippen MR) is 98.2 cm³/mol. The summed E-state index contributed by atoms with van der Waals surface area (Å²) in [5.41, 5.74) is 3.72. The smallest absolute Gasteiger partial charge is 0.224 e. The van der Waals surface area contributed by atoms with E-state index in [9.17, 15) is 4.79 Å². The molecule has 0 atom stereocenters. The number of hydrogen-bond acceptors (Lipinski definition) is 2. The molecule has 0 saturated carbocycles. The fraction of sp³-hybridized carbons (Fsp3) is 0.278. The van der Waals surface area contributed by atoms with Crippen LogP contribution in [0, 0.1) is 6.92 Å². The molecule has 0 radical (unpaired) electrons. The first-order valence-corrected chi connectivity index (χ1v) is 9.23. The molecule has 0 bridgehead atoms. The monoisotopic (exact) mass is 377 g/mol. The van der Waals surface area contributed by atoms with Crippen molar-refractivity contribution in [3.63, 3.8) is 0 Å². The minimum absolute atomic E-state index is 0.0783. The van der Waals surface area contributed by atoms with E-state index in [1.807, 2.05) is 36.0 Å². The lowest BCUT2D eigenvalue weighted by atomic mass is 10.1. The lowest BCUT2D eigenvalue weighted by Gasteiger charge is -2.07. The molecule has 2 aromatic rings. The van der Waals surface area contributed by atoms with E-state index in [0.717, 1.165) is 21.5 Å². The van der Waals surface area contributed by atoms with Crippen LogP contribution in [0.1, 0.15) is 16.7 Å². The van der Waals surface area contributed by atoms with Crippen molar-refractivity contribution in [2.24, 2.45) is 0 Å². The second-order valence-electron chi connectivity index (χ2n) is 5.14. The first-order chi connectivity index (χ1) is 10.6. The summed E-state index contributed by atoms with van der Waals surface area (Å²) in [7, 11) is 0. The Morgan fingerprint density at radius 1 is 1.18 bits per heavy atom. The van der Waals surface area contributed by atoms with Crippen LogP contribution in [-0.4, -0.2) is 18.2 Å². The van der Waals surface area contributed by atoms with Gasteiger partial charge in [-0.15, -0.1) is 0 Å². The number of aryl methyl sites for hydroxylation is 1. The quantitative estimate of drug-likeness (QED) is 0.726. The van der Waals surface area contributed by atoms with E-state index < -0.39 is 0 Å². The average molecular weight is 378 g/mol. The van der Waals surface area contributed by atoms with Crippen molar-refractivity contribution in [3.05, 3.63) is 69.7 Å². The number of rotatable bonds is 7. The van der Waals surface area contributed by atoms with Crippen LogP contribution in [0.15, 0.2) is 53.0 Å². The van der Waals surface area contributed by atoms with E-state index in [-0.39, 0.29) is 5.91 Å². The highest BCUT2D eigenvalue weighted by Gasteiger charge is 2.03. The molecule has 0 aliphatic rings. The largest absolute Gasteiger partial charge is 0.355 e. The first-order valence-electron chi connectivity index (χ1n) is 7.28. The Morgan fingerprint density at radius 3 is 2.77 bits per heavy atom. The third-order valence-electron chi connectivity index (χ3n) is 3.34. The molecule has 0 aliphatic heterocycles. The average Bonchev–Trinajstić information content (AvgIpc) is 2.48. The number of carbonyl (C=O) groups is 1. The molecule has 22 heavy (non-hydrogen) atoms. The second-order valence-corrected chi connectivity index (χ2v) is 7.16. The van der Waals surface area contributed by atoms with Crippen LogP contribution in [-0.2, 0) is 17.0 Å². The van der Waals surface area contributed by atoms with Crippen LogP contribution in [0.4, 0.5) is 0 Å². The van der Waals surface area contributed by atoms with Gasteiger partial charge in [-0.05, 0) is 35.7 Å². The Labute approximate surface area is 144 Å². The zero-order valence-corrected chi connectivity index (χ0v) is 15.0. The first kappa shape index (κ1) is 17.1. The number of hydrogen-bond donors (Lipinski definition) is 1. The van der Waals surface area contributed by atoms with Crippen molar-refractivity contribution in [2.75, 3.05) is 12.3 Å². The number of carbonyl (C=O) groups excluding carboxylic acids is 1. The number of halogens is 1. The summed E-state index contributed by atoms with van der Waals surface area (Å²) in [5, 5.41) is 2.98. The third-order valence-corrected chi connectivity index (χ3v) is 4.84. The van der Waals surface area contributed by atoms with Crippen molar-refractivity contribution in [3.8, 4) is 0 Å². The molecule has 116 valence electrons. The van der Waals surface area contributed by atoms with E-state index in [1.54, 1.807) is 0 Å². The normalized spacial score (nSPS) is 10.5. The summed E-state index contributed by atoms with van der Waals surface area (Å²) < 4.78 is 1.01. The second kappa shape index (κ2) is 9.01. The van der Waals surface area contributed by atoms with Gasteiger partial charge in [0.05, 0.1) is 6.42 Å². The van der Waals surface area contributed by atoms with E-state index in [0.29, 0.717) is 13.0 Å². The molecule has 0 fully saturated rings. The molecule has 0 heterocycles. The minimum atomic E-state index is 0.0783. The summed E-state index contributed by atoms with van der Waals surface area (Å²) in [4.78, 5) is 11.9. The molecular weight excluding hydrogens is 358 g/mol. The van der Waals surface area contributed by atoms with Gasteiger partial charge in [-0.1, -0.05) is 52.3 Å². The van der Waals surface area contributed by atoms with Gasteiger partial charge in [0, 0.05) is 22.5 Å². The summed E-state index contributed by atoms with van der Waals surface area (Å²) in [6.07, 6.45) is 0.432. The molecule has 0 aliphatic carbocycles. The number of thioether (sulfide) groups is 1. The van der Waals surface area contributed by atoms with Crippen molar-refractivity contribution < 1.29 is 4.79 Å². The summed E-state index contributed by atoms with van der Waals surface area (Å²) in [6, 6.07) is 16.3. The third kappa shape index (κ3) is 5.85. The number of amides is 1. The van der Waals surface area contributed by atoms with Gasteiger partial charge < -0.3 is 5.32 Å². The Morgan fingerprint density at radius 2 is 2.00 bits per heavy atom. The summed E-state index contributed by atoms with van der Waals surface area (Å²) in [5.74, 6) is 2.00. The minimum Gasteiger partial charge on any atom is -0.355 e. The fourth-order valence-corrected chi connectivity index (χ4v) is 3.49. The van der Waals surface area contributed by atoms with Crippen molar-refractivity contribution >= 4 is 33.6 Å². The zero-order valence-electron chi connectivity index (χ0n) is 12.6. The molecular formula is C18H20BrNOS. The van der Waals surface area contributed by atoms with Crippen LogP contribution < -0.4 is 5.32 Å². The van der Waals surface area contributed by atoms with E-state index >= 15 is 0 Å². The molecule has 2 nitrogen and oxygen atoms in total. The zero-order chi connectivity index (χ0) is 15.8. The lowest BCUT2D eigenvalue weighted by Crippen LogP contribution is -2.27. The highest BCUT2D eigenvalue weighted by atomic mass is 79.9. The topological polar surface area (TPSA) is 29.1 Å². The van der Waals surface area contributed by atoms with Crippen molar-refractivity contribution in [2.45, 2.75) is 19.1 Å². The summed E-state index contributed by atoms with van der Waals surface area (Å²) >= 11 is 5.27. The van der Waals surface area contributed by atoms with Crippen LogP contribution >= 0.6 is 27.7 Å². The van der Waals surface area contributed by atoms with Gasteiger partial charge in [0.15, 0.2) is 0 Å². The SMILES string of the molecule is Cc1ccccc1CSCCNC(=O)Cc1cccc(Br)c1. The molecule has 0 unspecified atom stereocenters. The maximum atomic E-state index is 11.9. The van der Waals surface area contributed by atoms with Gasteiger partial charge in [0.1, 0.15) is 0 Å². The van der Waals surface area contributed by atoms with Gasteiger partial charge >= 0.3 is 0 Å². The highest BCUT2D eigenvalue weighted by molar-refractivity contribution is 9.10. The van der Waals surface area contributed by atoms with E-state index in [4.69, 9.17) is 0 Å². The number of nitrogens with one attached hydrogen (secondary N) is 1. The molecule has 0 saturated heterocycles. The van der Waals surface area contributed by atoms with E-state index in [1.165, 1.54) is 11.1 Å². The molecule has 0 spiro atoms.